The maximum absolute atomic E-state index is 12.0. The molecule has 0 aromatic carbocycles. The van der Waals surface area contributed by atoms with Crippen LogP contribution in [0, 0.1) is 5.92 Å². The van der Waals surface area contributed by atoms with Crippen molar-refractivity contribution < 1.29 is 14.7 Å². The minimum atomic E-state index is -0.722. The van der Waals surface area contributed by atoms with Gasteiger partial charge in [0.15, 0.2) is 0 Å². The summed E-state index contributed by atoms with van der Waals surface area (Å²) in [6.45, 7) is 7.91. The quantitative estimate of drug-likeness (QED) is 0.844. The highest BCUT2D eigenvalue weighted by molar-refractivity contribution is 8.01. The van der Waals surface area contributed by atoms with Crippen LogP contribution < -0.4 is 0 Å². The van der Waals surface area contributed by atoms with Crippen LogP contribution in [0.5, 0.6) is 0 Å². The number of carboxylic acid groups (broad SMARTS) is 1. The molecule has 0 unspecified atom stereocenters. The smallest absolute Gasteiger partial charge is 0.303 e. The molecule has 0 aromatic heterocycles. The van der Waals surface area contributed by atoms with Gasteiger partial charge in [0.05, 0.1) is 5.75 Å². The van der Waals surface area contributed by atoms with E-state index in [1.165, 1.54) is 0 Å². The van der Waals surface area contributed by atoms with Gasteiger partial charge in [0.2, 0.25) is 5.91 Å². The Balaban J connectivity index is 2.25. The molecule has 0 aliphatic carbocycles. The number of hydrogen-bond donors (Lipinski definition) is 1. The molecule has 4 nitrogen and oxygen atoms in total. The lowest BCUT2D eigenvalue weighted by Gasteiger charge is -2.32. The standard InChI is InChI=1S/C14H25NO3S/c1-14(2,3)19-10-12(16)15-8-6-11(7-9-15)4-5-13(17)18/h11H,4-10H2,1-3H3,(H,17,18). The summed E-state index contributed by atoms with van der Waals surface area (Å²) in [5.41, 5.74) is 0. The maximum atomic E-state index is 12.0. The van der Waals surface area contributed by atoms with Crippen molar-refractivity contribution in [3.8, 4) is 0 Å². The average molecular weight is 287 g/mol. The van der Waals surface area contributed by atoms with Gasteiger partial charge in [-0.1, -0.05) is 20.8 Å². The molecule has 1 amide bonds. The zero-order valence-electron chi connectivity index (χ0n) is 12.1. The van der Waals surface area contributed by atoms with Gasteiger partial charge in [0.25, 0.3) is 0 Å². The zero-order valence-corrected chi connectivity index (χ0v) is 13.0. The second-order valence-corrected chi connectivity index (χ2v) is 7.96. The van der Waals surface area contributed by atoms with Gasteiger partial charge in [-0.25, -0.2) is 0 Å². The molecule has 1 aliphatic rings. The highest BCUT2D eigenvalue weighted by atomic mass is 32.2. The molecule has 1 rings (SSSR count). The van der Waals surface area contributed by atoms with E-state index >= 15 is 0 Å². The van der Waals surface area contributed by atoms with Crippen molar-refractivity contribution in [2.45, 2.75) is 51.2 Å². The SMILES string of the molecule is CC(C)(C)SCC(=O)N1CCC(CCC(=O)O)CC1. The van der Waals surface area contributed by atoms with Gasteiger partial charge < -0.3 is 10.0 Å². The number of nitrogens with zero attached hydrogens (tertiary/aromatic N) is 1. The van der Waals surface area contributed by atoms with Gasteiger partial charge in [-0.2, -0.15) is 0 Å². The number of carbonyl (C=O) groups is 2. The summed E-state index contributed by atoms with van der Waals surface area (Å²) in [7, 11) is 0. The van der Waals surface area contributed by atoms with Gasteiger partial charge in [0.1, 0.15) is 0 Å². The van der Waals surface area contributed by atoms with Crippen molar-refractivity contribution in [1.29, 1.82) is 0 Å². The molecule has 1 N–H and O–H groups in total. The minimum absolute atomic E-state index is 0.121. The van der Waals surface area contributed by atoms with E-state index in [0.29, 0.717) is 11.7 Å². The Morgan fingerprint density at radius 1 is 1.26 bits per heavy atom. The van der Waals surface area contributed by atoms with Crippen LogP contribution >= 0.6 is 11.8 Å². The number of rotatable bonds is 5. The average Bonchev–Trinajstić information content (AvgIpc) is 2.33. The first kappa shape index (κ1) is 16.3. The van der Waals surface area contributed by atoms with E-state index < -0.39 is 5.97 Å². The fourth-order valence-corrected chi connectivity index (χ4v) is 2.91. The summed E-state index contributed by atoms with van der Waals surface area (Å²) in [4.78, 5) is 24.5. The molecule has 1 heterocycles. The van der Waals surface area contributed by atoms with Crippen LogP contribution in [0.1, 0.15) is 46.5 Å². The molecule has 0 bridgehead atoms. The Morgan fingerprint density at radius 3 is 2.32 bits per heavy atom. The molecule has 110 valence electrons. The van der Waals surface area contributed by atoms with E-state index in [9.17, 15) is 9.59 Å². The first-order valence-corrected chi connectivity index (χ1v) is 7.90. The summed E-state index contributed by atoms with van der Waals surface area (Å²) in [6.07, 6.45) is 2.88. The number of likely N-dealkylation sites (tertiary alicyclic amines) is 1. The van der Waals surface area contributed by atoms with Crippen molar-refractivity contribution in [1.82, 2.24) is 4.90 Å². The predicted octanol–water partition coefficient (Wildman–Crippen LogP) is 2.62. The minimum Gasteiger partial charge on any atom is -0.481 e. The number of aliphatic carboxylic acids is 1. The van der Waals surface area contributed by atoms with Gasteiger partial charge in [-0.3, -0.25) is 9.59 Å². The lowest BCUT2D eigenvalue weighted by Crippen LogP contribution is -2.40. The van der Waals surface area contributed by atoms with Gasteiger partial charge in [-0.05, 0) is 25.2 Å². The van der Waals surface area contributed by atoms with E-state index in [1.54, 1.807) is 11.8 Å². The Morgan fingerprint density at radius 2 is 1.84 bits per heavy atom. The number of carboxylic acids is 1. The first-order valence-electron chi connectivity index (χ1n) is 6.91. The van der Waals surface area contributed by atoms with Gasteiger partial charge in [-0.15, -0.1) is 11.8 Å². The summed E-state index contributed by atoms with van der Waals surface area (Å²) < 4.78 is 0.121. The second-order valence-electron chi connectivity index (χ2n) is 6.16. The lowest BCUT2D eigenvalue weighted by molar-refractivity contribution is -0.137. The van der Waals surface area contributed by atoms with E-state index in [2.05, 4.69) is 20.8 Å². The maximum Gasteiger partial charge on any atom is 0.303 e. The molecule has 5 heteroatoms. The van der Waals surface area contributed by atoms with Crippen molar-refractivity contribution in [3.63, 3.8) is 0 Å². The Hall–Kier alpha value is -0.710. The van der Waals surface area contributed by atoms with E-state index in [1.807, 2.05) is 4.90 Å². The number of amides is 1. The molecule has 0 atom stereocenters. The van der Waals surface area contributed by atoms with Gasteiger partial charge >= 0.3 is 5.97 Å². The molecular weight excluding hydrogens is 262 g/mol. The third kappa shape index (κ3) is 6.85. The number of hydrogen-bond acceptors (Lipinski definition) is 3. The zero-order chi connectivity index (χ0) is 14.5. The Labute approximate surface area is 119 Å². The van der Waals surface area contributed by atoms with Crippen molar-refractivity contribution in [2.24, 2.45) is 5.92 Å². The number of carbonyl (C=O) groups excluding carboxylic acids is 1. The highest BCUT2D eigenvalue weighted by Gasteiger charge is 2.24. The third-order valence-corrected chi connectivity index (χ3v) is 4.62. The monoisotopic (exact) mass is 287 g/mol. The van der Waals surface area contributed by atoms with Crippen LogP contribution in [0.15, 0.2) is 0 Å². The van der Waals surface area contributed by atoms with Crippen molar-refractivity contribution in [3.05, 3.63) is 0 Å². The molecule has 0 saturated carbocycles. The molecule has 19 heavy (non-hydrogen) atoms. The largest absolute Gasteiger partial charge is 0.481 e. The molecular formula is C14H25NO3S. The molecule has 1 saturated heterocycles. The third-order valence-electron chi connectivity index (χ3n) is 3.36. The lowest BCUT2D eigenvalue weighted by atomic mass is 9.92. The molecule has 1 aliphatic heterocycles. The number of thioether (sulfide) groups is 1. The summed E-state index contributed by atoms with van der Waals surface area (Å²) >= 11 is 1.68. The fraction of sp³-hybridized carbons (Fsp3) is 0.857. The van der Waals surface area contributed by atoms with Crippen molar-refractivity contribution in [2.75, 3.05) is 18.8 Å². The first-order chi connectivity index (χ1) is 8.78. The van der Waals surface area contributed by atoms with Crippen LogP contribution in [0.4, 0.5) is 0 Å². The summed E-state index contributed by atoms with van der Waals surface area (Å²) in [5, 5.41) is 8.66. The van der Waals surface area contributed by atoms with E-state index in [-0.39, 0.29) is 17.1 Å². The normalized spacial score (nSPS) is 17.5. The Kier molecular flexibility index (Phi) is 6.17. The van der Waals surface area contributed by atoms with Crippen LogP contribution in [-0.2, 0) is 9.59 Å². The van der Waals surface area contributed by atoms with Crippen LogP contribution in [0.3, 0.4) is 0 Å². The van der Waals surface area contributed by atoms with E-state index in [4.69, 9.17) is 5.11 Å². The topological polar surface area (TPSA) is 57.6 Å². The number of piperidine rings is 1. The summed E-state index contributed by atoms with van der Waals surface area (Å²) in [6, 6.07) is 0. The molecule has 0 radical (unpaired) electrons. The van der Waals surface area contributed by atoms with Gasteiger partial charge in [0, 0.05) is 24.3 Å². The van der Waals surface area contributed by atoms with Crippen molar-refractivity contribution >= 4 is 23.6 Å². The highest BCUT2D eigenvalue weighted by Crippen LogP contribution is 2.25. The summed E-state index contributed by atoms with van der Waals surface area (Å²) in [5.74, 6) is 0.510. The molecule has 0 aromatic rings. The predicted molar refractivity (Wildman–Crippen MR) is 78.4 cm³/mol. The van der Waals surface area contributed by atoms with Crippen LogP contribution in [0.2, 0.25) is 0 Å². The second kappa shape index (κ2) is 7.17. The van der Waals surface area contributed by atoms with E-state index in [0.717, 1.165) is 32.4 Å². The van der Waals surface area contributed by atoms with Crippen LogP contribution in [-0.4, -0.2) is 45.5 Å². The fourth-order valence-electron chi connectivity index (χ4n) is 2.17. The molecule has 0 spiro atoms. The molecule has 1 fully saturated rings. The van der Waals surface area contributed by atoms with Crippen LogP contribution in [0.25, 0.3) is 0 Å². The Bertz CT molecular complexity index is 317.